The van der Waals surface area contributed by atoms with E-state index in [1.165, 1.54) is 0 Å². The van der Waals surface area contributed by atoms with Gasteiger partial charge in [-0.15, -0.1) is 0 Å². The number of rotatable bonds is 2. The van der Waals surface area contributed by atoms with Crippen LogP contribution in [0.5, 0.6) is 0 Å². The Morgan fingerprint density at radius 3 is 2.92 bits per heavy atom. The highest BCUT2D eigenvalue weighted by Gasteiger charge is 2.57. The van der Waals surface area contributed by atoms with E-state index in [1.54, 1.807) is 0 Å². The normalized spacial score (nSPS) is 36.7. The van der Waals surface area contributed by atoms with Crippen LogP contribution in [0.2, 0.25) is 0 Å². The molecule has 2 saturated carbocycles. The van der Waals surface area contributed by atoms with E-state index in [0.717, 1.165) is 6.42 Å². The molecule has 0 saturated heterocycles. The van der Waals surface area contributed by atoms with Gasteiger partial charge in [-0.2, -0.15) is 0 Å². The molecular weight excluding hydrogens is 168 g/mol. The van der Waals surface area contributed by atoms with E-state index in [0.29, 0.717) is 37.1 Å². The van der Waals surface area contributed by atoms with Crippen molar-refractivity contribution in [2.45, 2.75) is 26.2 Å². The average molecular weight is 182 g/mol. The molecule has 0 bridgehead atoms. The molecule has 0 aromatic carbocycles. The molecular formula is C10H14O3. The smallest absolute Gasteiger partial charge is 0.309 e. The van der Waals surface area contributed by atoms with Crippen LogP contribution in [0.25, 0.3) is 0 Å². The summed E-state index contributed by atoms with van der Waals surface area (Å²) in [5.74, 6) is 1.05. The molecule has 3 atom stereocenters. The number of carbonyl (C=O) groups is 2. The van der Waals surface area contributed by atoms with E-state index in [2.05, 4.69) is 0 Å². The van der Waals surface area contributed by atoms with Gasteiger partial charge in [0.1, 0.15) is 5.78 Å². The average Bonchev–Trinajstić information content (AvgIpc) is 2.77. The number of carbonyl (C=O) groups excluding carboxylic acids is 2. The number of Topliss-reactive ketones (excluding diaryl/α,β-unsaturated/α-hetero) is 1. The van der Waals surface area contributed by atoms with Gasteiger partial charge in [-0.3, -0.25) is 9.59 Å². The Morgan fingerprint density at radius 2 is 2.31 bits per heavy atom. The molecule has 0 heterocycles. The molecule has 2 rings (SSSR count). The molecule has 0 amide bonds. The molecule has 2 aliphatic rings. The number of ether oxygens (including phenoxy) is 1. The predicted octanol–water partition coefficient (Wildman–Crippen LogP) is 1.16. The maximum Gasteiger partial charge on any atom is 0.309 e. The van der Waals surface area contributed by atoms with Crippen molar-refractivity contribution in [1.82, 2.24) is 0 Å². The minimum absolute atomic E-state index is 0.0476. The van der Waals surface area contributed by atoms with Gasteiger partial charge in [-0.05, 0) is 25.2 Å². The lowest BCUT2D eigenvalue weighted by atomic mass is 10.00. The maximum atomic E-state index is 11.3. The summed E-state index contributed by atoms with van der Waals surface area (Å²) in [5.41, 5.74) is 0. The summed E-state index contributed by atoms with van der Waals surface area (Å²) < 4.78 is 4.94. The lowest BCUT2D eigenvalue weighted by Gasteiger charge is -2.04. The molecule has 3 nitrogen and oxygen atoms in total. The number of hydrogen-bond acceptors (Lipinski definition) is 3. The molecule has 3 heteroatoms. The zero-order chi connectivity index (χ0) is 9.42. The van der Waals surface area contributed by atoms with Crippen molar-refractivity contribution >= 4 is 11.8 Å². The summed E-state index contributed by atoms with van der Waals surface area (Å²) in [4.78, 5) is 22.4. The highest BCUT2D eigenvalue weighted by atomic mass is 16.5. The van der Waals surface area contributed by atoms with Crippen molar-refractivity contribution in [1.29, 1.82) is 0 Å². The Labute approximate surface area is 77.4 Å². The zero-order valence-electron chi connectivity index (χ0n) is 7.79. The Bertz CT molecular complexity index is 247. The maximum absolute atomic E-state index is 11.3. The van der Waals surface area contributed by atoms with Crippen LogP contribution in [-0.4, -0.2) is 18.4 Å². The Hall–Kier alpha value is -0.860. The predicted molar refractivity (Wildman–Crippen MR) is 46.0 cm³/mol. The lowest BCUT2D eigenvalue weighted by molar-refractivity contribution is -0.145. The second kappa shape index (κ2) is 3.13. The number of fused-ring (bicyclic) bond motifs is 1. The van der Waals surface area contributed by atoms with Crippen molar-refractivity contribution in [3.8, 4) is 0 Å². The number of hydrogen-bond donors (Lipinski definition) is 0. The molecule has 0 N–H and O–H groups in total. The molecule has 0 spiro atoms. The second-order valence-electron chi connectivity index (χ2n) is 3.89. The Balaban J connectivity index is 1.92. The summed E-state index contributed by atoms with van der Waals surface area (Å²) in [5, 5.41) is 0. The molecule has 3 unspecified atom stereocenters. The fourth-order valence-corrected chi connectivity index (χ4v) is 2.40. The molecule has 0 aliphatic heterocycles. The van der Waals surface area contributed by atoms with Crippen LogP contribution in [0.15, 0.2) is 0 Å². The monoisotopic (exact) mass is 182 g/mol. The van der Waals surface area contributed by atoms with Crippen LogP contribution in [0.4, 0.5) is 0 Å². The van der Waals surface area contributed by atoms with E-state index in [9.17, 15) is 9.59 Å². The van der Waals surface area contributed by atoms with Gasteiger partial charge >= 0.3 is 5.97 Å². The summed E-state index contributed by atoms with van der Waals surface area (Å²) in [6.45, 7) is 2.26. The van der Waals surface area contributed by atoms with Crippen LogP contribution >= 0.6 is 0 Å². The van der Waals surface area contributed by atoms with E-state index in [1.807, 2.05) is 6.92 Å². The quantitative estimate of drug-likeness (QED) is 0.602. The molecule has 2 aliphatic carbocycles. The highest BCUT2D eigenvalue weighted by molar-refractivity contribution is 5.84. The van der Waals surface area contributed by atoms with Crippen LogP contribution in [-0.2, 0) is 14.3 Å². The van der Waals surface area contributed by atoms with Crippen LogP contribution < -0.4 is 0 Å². The Kier molecular flexibility index (Phi) is 2.10. The summed E-state index contributed by atoms with van der Waals surface area (Å²) in [7, 11) is 0. The topological polar surface area (TPSA) is 43.4 Å². The first-order valence-electron chi connectivity index (χ1n) is 4.92. The van der Waals surface area contributed by atoms with Crippen LogP contribution in [0.1, 0.15) is 26.2 Å². The van der Waals surface area contributed by atoms with Gasteiger partial charge in [-0.1, -0.05) is 0 Å². The second-order valence-corrected chi connectivity index (χ2v) is 3.89. The molecule has 0 radical (unpaired) electrons. The van der Waals surface area contributed by atoms with E-state index in [4.69, 9.17) is 4.74 Å². The minimum Gasteiger partial charge on any atom is -0.466 e. The van der Waals surface area contributed by atoms with Gasteiger partial charge in [0.05, 0.1) is 12.5 Å². The van der Waals surface area contributed by atoms with Crippen molar-refractivity contribution in [3.05, 3.63) is 0 Å². The summed E-state index contributed by atoms with van der Waals surface area (Å²) in [6, 6.07) is 0. The first-order chi connectivity index (χ1) is 6.24. The summed E-state index contributed by atoms with van der Waals surface area (Å²) >= 11 is 0. The highest BCUT2D eigenvalue weighted by Crippen LogP contribution is 2.54. The SMILES string of the molecule is CCOC(=O)C1C2CCC(=O)CC21. The van der Waals surface area contributed by atoms with Crippen LogP contribution in [0.3, 0.4) is 0 Å². The van der Waals surface area contributed by atoms with Crippen molar-refractivity contribution in [2.75, 3.05) is 6.61 Å². The third kappa shape index (κ3) is 1.47. The van der Waals surface area contributed by atoms with E-state index < -0.39 is 0 Å². The van der Waals surface area contributed by atoms with E-state index in [-0.39, 0.29) is 11.9 Å². The van der Waals surface area contributed by atoms with Crippen molar-refractivity contribution in [3.63, 3.8) is 0 Å². The third-order valence-corrected chi connectivity index (χ3v) is 3.11. The number of esters is 1. The fourth-order valence-electron chi connectivity index (χ4n) is 2.40. The molecule has 13 heavy (non-hydrogen) atoms. The standard InChI is InChI=1S/C10H14O3/c1-2-13-10(12)9-7-4-3-6(11)5-8(7)9/h7-9H,2-5H2,1H3. The van der Waals surface area contributed by atoms with Gasteiger partial charge < -0.3 is 4.74 Å². The van der Waals surface area contributed by atoms with Crippen molar-refractivity contribution in [2.24, 2.45) is 17.8 Å². The largest absolute Gasteiger partial charge is 0.466 e. The van der Waals surface area contributed by atoms with E-state index >= 15 is 0 Å². The first-order valence-corrected chi connectivity index (χ1v) is 4.92. The fraction of sp³-hybridized carbons (Fsp3) is 0.800. The van der Waals surface area contributed by atoms with Gasteiger partial charge in [0, 0.05) is 12.8 Å². The third-order valence-electron chi connectivity index (χ3n) is 3.11. The molecule has 2 fully saturated rings. The van der Waals surface area contributed by atoms with Crippen LogP contribution in [0, 0.1) is 17.8 Å². The molecule has 0 aromatic rings. The zero-order valence-corrected chi connectivity index (χ0v) is 7.79. The summed E-state index contributed by atoms with van der Waals surface area (Å²) in [6.07, 6.45) is 2.16. The molecule has 0 aromatic heterocycles. The lowest BCUT2D eigenvalue weighted by Crippen LogP contribution is -2.08. The minimum atomic E-state index is -0.0906. The molecule has 72 valence electrons. The van der Waals surface area contributed by atoms with Gasteiger partial charge in [-0.25, -0.2) is 0 Å². The van der Waals surface area contributed by atoms with Gasteiger partial charge in [0.15, 0.2) is 0 Å². The Morgan fingerprint density at radius 1 is 1.54 bits per heavy atom. The van der Waals surface area contributed by atoms with Gasteiger partial charge in [0.25, 0.3) is 0 Å². The van der Waals surface area contributed by atoms with Gasteiger partial charge in [0.2, 0.25) is 0 Å². The van der Waals surface area contributed by atoms with Crippen molar-refractivity contribution < 1.29 is 14.3 Å². The first kappa shape index (κ1) is 8.73. The number of ketones is 1.